The fourth-order valence-corrected chi connectivity index (χ4v) is 4.26. The van der Waals surface area contributed by atoms with Crippen LogP contribution in [0, 0.1) is 25.2 Å². The van der Waals surface area contributed by atoms with Gasteiger partial charge in [-0.1, -0.05) is 19.3 Å². The average molecular weight is 355 g/mol. The summed E-state index contributed by atoms with van der Waals surface area (Å²) < 4.78 is 7.72. The van der Waals surface area contributed by atoms with Gasteiger partial charge in [0, 0.05) is 36.7 Å². The number of hydrogen-bond acceptors (Lipinski definition) is 3. The Morgan fingerprint density at radius 3 is 2.58 bits per heavy atom. The smallest absolute Gasteiger partial charge is 0.262 e. The summed E-state index contributed by atoms with van der Waals surface area (Å²) in [5.74, 6) is -0.276. The Labute approximate surface area is 156 Å². The Morgan fingerprint density at radius 1 is 1.23 bits per heavy atom. The first-order valence-corrected chi connectivity index (χ1v) is 9.79. The predicted octanol–water partition coefficient (Wildman–Crippen LogP) is 3.81. The lowest BCUT2D eigenvalue weighted by molar-refractivity contribution is -0.118. The molecule has 2 aliphatic rings. The van der Waals surface area contributed by atoms with Crippen LogP contribution < -0.4 is 5.32 Å². The summed E-state index contributed by atoms with van der Waals surface area (Å²) in [6.45, 7) is 5.55. The van der Waals surface area contributed by atoms with Crippen LogP contribution in [-0.2, 0) is 9.53 Å². The van der Waals surface area contributed by atoms with Crippen LogP contribution in [0.2, 0.25) is 0 Å². The van der Waals surface area contributed by atoms with Crippen molar-refractivity contribution in [2.75, 3.05) is 13.2 Å². The van der Waals surface area contributed by atoms with E-state index in [-0.39, 0.29) is 17.5 Å². The van der Waals surface area contributed by atoms with Crippen LogP contribution in [0.1, 0.15) is 67.9 Å². The van der Waals surface area contributed by atoms with Crippen molar-refractivity contribution in [3.63, 3.8) is 0 Å². The molecule has 0 radical (unpaired) electrons. The van der Waals surface area contributed by atoms with E-state index in [1.807, 2.05) is 0 Å². The van der Waals surface area contributed by atoms with Gasteiger partial charge < -0.3 is 14.6 Å². The van der Waals surface area contributed by atoms with E-state index in [1.54, 1.807) is 6.08 Å². The van der Waals surface area contributed by atoms with Crippen LogP contribution in [-0.4, -0.2) is 29.7 Å². The second kappa shape index (κ2) is 8.55. The molecule has 0 spiro atoms. The van der Waals surface area contributed by atoms with Gasteiger partial charge in [-0.2, -0.15) is 5.26 Å². The van der Waals surface area contributed by atoms with Gasteiger partial charge in [0.05, 0.1) is 0 Å². The third kappa shape index (κ3) is 4.19. The van der Waals surface area contributed by atoms with Crippen LogP contribution in [0.3, 0.4) is 0 Å². The van der Waals surface area contributed by atoms with E-state index >= 15 is 0 Å². The van der Waals surface area contributed by atoms with E-state index in [0.29, 0.717) is 19.3 Å². The SMILES string of the molecule is Cc1cc(C=C(C#N)C(=O)NC2CCOCC2)c(C)n1C1CCCCC1. The fourth-order valence-electron chi connectivity index (χ4n) is 4.26. The van der Waals surface area contributed by atoms with Crippen molar-refractivity contribution >= 4 is 12.0 Å². The highest BCUT2D eigenvalue weighted by atomic mass is 16.5. The molecule has 2 heterocycles. The molecule has 3 rings (SSSR count). The summed E-state index contributed by atoms with van der Waals surface area (Å²) in [5.41, 5.74) is 3.52. The molecule has 26 heavy (non-hydrogen) atoms. The minimum absolute atomic E-state index is 0.0997. The first-order chi connectivity index (χ1) is 12.6. The number of amides is 1. The van der Waals surface area contributed by atoms with Crippen molar-refractivity contribution in [3.05, 3.63) is 28.6 Å². The monoisotopic (exact) mass is 355 g/mol. The molecule has 5 nitrogen and oxygen atoms in total. The first-order valence-electron chi connectivity index (χ1n) is 9.79. The molecule has 140 valence electrons. The lowest BCUT2D eigenvalue weighted by Crippen LogP contribution is -2.39. The molecule has 5 heteroatoms. The fraction of sp³-hybridized carbons (Fsp3) is 0.619. The first kappa shape index (κ1) is 18.7. The number of hydrogen-bond donors (Lipinski definition) is 1. The van der Waals surface area contributed by atoms with Crippen LogP contribution in [0.5, 0.6) is 0 Å². The van der Waals surface area contributed by atoms with Gasteiger partial charge in [0.15, 0.2) is 0 Å². The standard InChI is InChI=1S/C21H29N3O2/c1-15-12-17(16(2)24(15)20-6-4-3-5-7-20)13-18(14-22)21(25)23-19-8-10-26-11-9-19/h12-13,19-20H,3-11H2,1-2H3,(H,23,25). The Balaban J connectivity index is 1.78. The molecule has 1 aromatic heterocycles. The van der Waals surface area contributed by atoms with Crippen LogP contribution in [0.25, 0.3) is 6.08 Å². The molecule has 0 aromatic carbocycles. The summed E-state index contributed by atoms with van der Waals surface area (Å²) >= 11 is 0. The van der Waals surface area contributed by atoms with Crippen molar-refractivity contribution in [1.29, 1.82) is 5.26 Å². The number of nitrogens with zero attached hydrogens (tertiary/aromatic N) is 2. The quantitative estimate of drug-likeness (QED) is 0.660. The Bertz CT molecular complexity index is 714. The third-order valence-corrected chi connectivity index (χ3v) is 5.68. The molecule has 0 atom stereocenters. The van der Waals surface area contributed by atoms with E-state index in [0.717, 1.165) is 24.1 Å². The van der Waals surface area contributed by atoms with E-state index < -0.39 is 0 Å². The largest absolute Gasteiger partial charge is 0.381 e. The summed E-state index contributed by atoms with van der Waals surface area (Å²) in [6, 6.07) is 4.83. The van der Waals surface area contributed by atoms with Gasteiger partial charge in [-0.3, -0.25) is 4.79 Å². The highest BCUT2D eigenvalue weighted by molar-refractivity contribution is 6.02. The van der Waals surface area contributed by atoms with Gasteiger partial charge in [0.2, 0.25) is 0 Å². The molecule has 2 fully saturated rings. The number of carbonyl (C=O) groups excluding carboxylic acids is 1. The molecular formula is C21H29N3O2. The molecule has 1 saturated carbocycles. The van der Waals surface area contributed by atoms with Gasteiger partial charge in [-0.15, -0.1) is 0 Å². The van der Waals surface area contributed by atoms with Gasteiger partial charge in [0.1, 0.15) is 11.6 Å². The Hall–Kier alpha value is -2.06. The topological polar surface area (TPSA) is 67.1 Å². The number of aromatic nitrogens is 1. The normalized spacial score (nSPS) is 20.0. The number of ether oxygens (including phenoxy) is 1. The molecular weight excluding hydrogens is 326 g/mol. The minimum Gasteiger partial charge on any atom is -0.381 e. The molecule has 0 unspecified atom stereocenters. The van der Waals surface area contributed by atoms with Crippen molar-refractivity contribution in [2.24, 2.45) is 0 Å². The van der Waals surface area contributed by atoms with E-state index in [2.05, 4.69) is 35.9 Å². The molecule has 1 aliphatic carbocycles. The van der Waals surface area contributed by atoms with E-state index in [1.165, 1.54) is 37.8 Å². The molecule has 0 bridgehead atoms. The Morgan fingerprint density at radius 2 is 1.92 bits per heavy atom. The van der Waals surface area contributed by atoms with Crippen molar-refractivity contribution in [2.45, 2.75) is 70.9 Å². The van der Waals surface area contributed by atoms with Gasteiger partial charge in [-0.05, 0) is 57.2 Å². The molecule has 1 saturated heterocycles. The zero-order chi connectivity index (χ0) is 18.5. The number of rotatable bonds is 4. The third-order valence-electron chi connectivity index (χ3n) is 5.68. The van der Waals surface area contributed by atoms with Crippen LogP contribution in [0.15, 0.2) is 11.6 Å². The number of nitriles is 1. The van der Waals surface area contributed by atoms with Gasteiger partial charge in [0.25, 0.3) is 5.91 Å². The van der Waals surface area contributed by atoms with E-state index in [4.69, 9.17) is 4.74 Å². The minimum atomic E-state index is -0.276. The lowest BCUT2D eigenvalue weighted by Gasteiger charge is -2.26. The molecule has 1 aromatic rings. The van der Waals surface area contributed by atoms with Gasteiger partial charge in [-0.25, -0.2) is 0 Å². The Kier molecular flexibility index (Phi) is 6.16. The van der Waals surface area contributed by atoms with Crippen LogP contribution in [0.4, 0.5) is 0 Å². The predicted molar refractivity (Wildman–Crippen MR) is 102 cm³/mol. The highest BCUT2D eigenvalue weighted by Crippen LogP contribution is 2.32. The zero-order valence-electron chi connectivity index (χ0n) is 15.9. The molecule has 1 aliphatic heterocycles. The summed E-state index contributed by atoms with van der Waals surface area (Å²) in [4.78, 5) is 12.5. The van der Waals surface area contributed by atoms with Crippen LogP contribution >= 0.6 is 0 Å². The summed E-state index contributed by atoms with van der Waals surface area (Å²) in [6.07, 6.45) is 9.68. The van der Waals surface area contributed by atoms with E-state index in [9.17, 15) is 10.1 Å². The lowest BCUT2D eigenvalue weighted by atomic mass is 9.95. The van der Waals surface area contributed by atoms with Crippen molar-refractivity contribution in [1.82, 2.24) is 9.88 Å². The molecule has 1 amide bonds. The maximum atomic E-state index is 12.5. The number of nitrogens with one attached hydrogen (secondary N) is 1. The maximum Gasteiger partial charge on any atom is 0.262 e. The highest BCUT2D eigenvalue weighted by Gasteiger charge is 2.21. The second-order valence-corrected chi connectivity index (χ2v) is 7.52. The second-order valence-electron chi connectivity index (χ2n) is 7.52. The number of carbonyl (C=O) groups is 1. The summed E-state index contributed by atoms with van der Waals surface area (Å²) in [5, 5.41) is 12.5. The summed E-state index contributed by atoms with van der Waals surface area (Å²) in [7, 11) is 0. The molecule has 1 N–H and O–H groups in total. The number of aryl methyl sites for hydroxylation is 1. The van der Waals surface area contributed by atoms with Gasteiger partial charge >= 0.3 is 0 Å². The van der Waals surface area contributed by atoms with Crippen molar-refractivity contribution in [3.8, 4) is 6.07 Å². The average Bonchev–Trinajstić information content (AvgIpc) is 2.94. The zero-order valence-corrected chi connectivity index (χ0v) is 15.9. The maximum absolute atomic E-state index is 12.5. The van der Waals surface area contributed by atoms with Crippen molar-refractivity contribution < 1.29 is 9.53 Å².